The molecule has 0 bridgehead atoms. The number of aryl methyl sites for hydroxylation is 1. The molecule has 0 radical (unpaired) electrons. The molecule has 0 atom stereocenters. The summed E-state index contributed by atoms with van der Waals surface area (Å²) in [6.07, 6.45) is 1.34. The number of carbonyl (C=O) groups excluding carboxylic acids is 2. The van der Waals surface area contributed by atoms with Gasteiger partial charge >= 0.3 is 0 Å². The van der Waals surface area contributed by atoms with Crippen LogP contribution >= 0.6 is 0 Å². The summed E-state index contributed by atoms with van der Waals surface area (Å²) < 4.78 is 0. The predicted octanol–water partition coefficient (Wildman–Crippen LogP) is 3.23. The fourth-order valence-corrected chi connectivity index (χ4v) is 3.64. The van der Waals surface area contributed by atoms with E-state index in [1.807, 2.05) is 94.8 Å². The first-order valence-corrected chi connectivity index (χ1v) is 13.0. The molecule has 3 aromatic carbocycles. The second-order valence-electron chi connectivity index (χ2n) is 8.35. The molecule has 0 aliphatic carbocycles. The fourth-order valence-electron chi connectivity index (χ4n) is 3.64. The maximum atomic E-state index is 10.2. The molecule has 42 heavy (non-hydrogen) atoms. The van der Waals surface area contributed by atoms with Crippen LogP contribution in [0.1, 0.15) is 16.7 Å². The third-order valence-corrected chi connectivity index (χ3v) is 5.56. The highest BCUT2D eigenvalue weighted by atomic mass is 16.3. The van der Waals surface area contributed by atoms with Gasteiger partial charge in [0.05, 0.1) is 6.54 Å². The molecule has 224 valence electrons. The molecule has 0 aromatic heterocycles. The van der Waals surface area contributed by atoms with Crippen LogP contribution in [0.5, 0.6) is 0 Å². The van der Waals surface area contributed by atoms with E-state index in [0.29, 0.717) is 12.8 Å². The maximum Gasteiger partial charge on any atom is 0.290 e. The summed E-state index contributed by atoms with van der Waals surface area (Å²) in [5, 5.41) is 24.4. The van der Waals surface area contributed by atoms with Crippen molar-refractivity contribution in [3.63, 3.8) is 0 Å². The topological polar surface area (TPSA) is 168 Å². The number of anilines is 4. The molecule has 7 N–H and O–H groups in total. The molecule has 3 aromatic rings. The number of carboxylic acid groups (broad SMARTS) is 1. The van der Waals surface area contributed by atoms with Crippen molar-refractivity contribution in [1.82, 2.24) is 10.6 Å². The number of rotatable bonds is 8. The van der Waals surface area contributed by atoms with E-state index in [-0.39, 0.29) is 6.47 Å². The van der Waals surface area contributed by atoms with E-state index in [4.69, 9.17) is 9.90 Å². The van der Waals surface area contributed by atoms with E-state index in [1.165, 1.54) is 0 Å². The molecule has 12 nitrogen and oxygen atoms in total. The van der Waals surface area contributed by atoms with Crippen LogP contribution in [0.25, 0.3) is 0 Å². The zero-order chi connectivity index (χ0) is 31.2. The van der Waals surface area contributed by atoms with Crippen LogP contribution in [0, 0.1) is 6.92 Å². The number of nitrogens with zero attached hydrogens (tertiary/aromatic N) is 2. The minimum atomic E-state index is -0.250. The number of nitrogens with one attached hydrogen (secondary N) is 6. The fraction of sp³-hybridized carbons (Fsp3) is 0.233. The molecule has 0 spiro atoms. The number of amides is 2. The highest BCUT2D eigenvalue weighted by Gasteiger charge is 2.06. The van der Waals surface area contributed by atoms with E-state index < -0.39 is 0 Å². The van der Waals surface area contributed by atoms with Gasteiger partial charge in [0.15, 0.2) is 0 Å². The predicted molar refractivity (Wildman–Crippen MR) is 172 cm³/mol. The highest BCUT2D eigenvalue weighted by Crippen LogP contribution is 2.17. The highest BCUT2D eigenvalue weighted by molar-refractivity contribution is 6.00. The number of carbonyl (C=O) groups is 3. The minimum Gasteiger partial charge on any atom is -0.483 e. The lowest BCUT2D eigenvalue weighted by atomic mass is 10.2. The maximum absolute atomic E-state index is 10.2. The Labute approximate surface area is 246 Å². The summed E-state index contributed by atoms with van der Waals surface area (Å²) in [5.41, 5.74) is 6.99. The zero-order valence-electron chi connectivity index (χ0n) is 24.6. The zero-order valence-corrected chi connectivity index (χ0v) is 24.6. The van der Waals surface area contributed by atoms with E-state index in [1.54, 1.807) is 7.05 Å². The van der Waals surface area contributed by atoms with Crippen molar-refractivity contribution in [3.05, 3.63) is 83.4 Å². The summed E-state index contributed by atoms with van der Waals surface area (Å²) >= 11 is 0. The van der Waals surface area contributed by atoms with Gasteiger partial charge in [-0.05, 0) is 79.2 Å². The molecule has 4 rings (SSSR count). The van der Waals surface area contributed by atoms with Crippen molar-refractivity contribution in [2.24, 2.45) is 9.98 Å². The van der Waals surface area contributed by atoms with Crippen LogP contribution in [0.3, 0.4) is 0 Å². The minimum absolute atomic E-state index is 0.250. The molecule has 0 fully saturated rings. The van der Waals surface area contributed by atoms with Gasteiger partial charge in [0.2, 0.25) is 12.8 Å². The van der Waals surface area contributed by atoms with Crippen LogP contribution in [-0.2, 0) is 14.4 Å². The Bertz CT molecular complexity index is 1290. The summed E-state index contributed by atoms with van der Waals surface area (Å²) in [4.78, 5) is 37.1. The smallest absolute Gasteiger partial charge is 0.290 e. The Hall–Kier alpha value is -5.39. The summed E-state index contributed by atoms with van der Waals surface area (Å²) in [5.74, 6) is 1.84. The van der Waals surface area contributed by atoms with Crippen molar-refractivity contribution >= 4 is 53.7 Å². The molecule has 12 heteroatoms. The first-order chi connectivity index (χ1) is 20.4. The quantitative estimate of drug-likeness (QED) is 0.122. The average molecular weight is 577 g/mol. The van der Waals surface area contributed by atoms with Crippen molar-refractivity contribution in [3.8, 4) is 0 Å². The Morgan fingerprint density at radius 1 is 0.833 bits per heavy atom. The summed E-state index contributed by atoms with van der Waals surface area (Å²) in [7, 11) is 7.40. The van der Waals surface area contributed by atoms with Gasteiger partial charge in [-0.15, -0.1) is 0 Å². The third-order valence-electron chi connectivity index (χ3n) is 5.56. The molecule has 1 heterocycles. The third kappa shape index (κ3) is 12.6. The van der Waals surface area contributed by atoms with Gasteiger partial charge in [-0.1, -0.05) is 0 Å². The SMILES string of the molecule is CN=C(NC)c1ccc(NC)cc1.CNc1cc(C)cc(NC=O)c1.O=CNc1ccc(C2=NCCN2)cc1.O=CO. The number of hydrogen-bond acceptors (Lipinski definition) is 8. The lowest BCUT2D eigenvalue weighted by molar-refractivity contribution is -0.122. The summed E-state index contributed by atoms with van der Waals surface area (Å²) in [6.45, 7) is 3.48. The van der Waals surface area contributed by atoms with Crippen LogP contribution in [0.15, 0.2) is 76.7 Å². The van der Waals surface area contributed by atoms with E-state index in [2.05, 4.69) is 41.9 Å². The summed E-state index contributed by atoms with van der Waals surface area (Å²) in [6, 6.07) is 21.5. The largest absolute Gasteiger partial charge is 0.483 e. The molecular formula is C30H40N8O4. The Morgan fingerprint density at radius 3 is 1.86 bits per heavy atom. The van der Waals surface area contributed by atoms with E-state index >= 15 is 0 Å². The lowest BCUT2D eigenvalue weighted by Crippen LogP contribution is -2.19. The van der Waals surface area contributed by atoms with Crippen LogP contribution in [0.2, 0.25) is 0 Å². The monoisotopic (exact) mass is 576 g/mol. The molecule has 2 amide bonds. The van der Waals surface area contributed by atoms with E-state index in [0.717, 1.165) is 64.2 Å². The number of amidine groups is 2. The van der Waals surface area contributed by atoms with Gasteiger partial charge in [0, 0.05) is 68.6 Å². The molecule has 0 saturated heterocycles. The molecule has 1 aliphatic rings. The van der Waals surface area contributed by atoms with Gasteiger partial charge in [-0.25, -0.2) is 0 Å². The van der Waals surface area contributed by atoms with Crippen molar-refractivity contribution in [1.29, 1.82) is 0 Å². The van der Waals surface area contributed by atoms with Gasteiger partial charge < -0.3 is 37.0 Å². The number of aliphatic imine (C=N–C) groups is 2. The Balaban J connectivity index is 0.000000301. The average Bonchev–Trinajstić information content (AvgIpc) is 3.55. The molecule has 0 saturated carbocycles. The van der Waals surface area contributed by atoms with E-state index in [9.17, 15) is 9.59 Å². The van der Waals surface area contributed by atoms with Crippen molar-refractivity contribution in [2.75, 3.05) is 62.5 Å². The molecule has 0 unspecified atom stereocenters. The van der Waals surface area contributed by atoms with Gasteiger partial charge in [0.1, 0.15) is 11.7 Å². The standard InChI is InChI=1S/C10H11N3O.C10H15N3.C9H12N2O.CH2O2/c14-7-13-9-3-1-8(2-4-9)10-11-5-6-12-10;1-11-9-6-4-8(5-7-9)10(12-2)13-3;1-7-3-8(10-2)5-9(4-7)11-6-12;2-1-3/h1-4,7H,5-6H2,(H,11,12)(H,13,14);4-7,11H,1-3H3,(H,12,13);3-6,10H,1-2H3,(H,11,12);1H,(H,2,3). The van der Waals surface area contributed by atoms with Gasteiger partial charge in [-0.3, -0.25) is 24.4 Å². The lowest BCUT2D eigenvalue weighted by Gasteiger charge is -2.05. The van der Waals surface area contributed by atoms with Crippen LogP contribution < -0.4 is 31.9 Å². The Kier molecular flexibility index (Phi) is 16.9. The van der Waals surface area contributed by atoms with Crippen LogP contribution in [-0.4, -0.2) is 77.4 Å². The number of benzene rings is 3. The van der Waals surface area contributed by atoms with Crippen LogP contribution in [0.4, 0.5) is 22.7 Å². The first-order valence-electron chi connectivity index (χ1n) is 13.0. The molecular weight excluding hydrogens is 536 g/mol. The normalized spacial score (nSPS) is 11.2. The van der Waals surface area contributed by atoms with Crippen molar-refractivity contribution < 1.29 is 19.5 Å². The van der Waals surface area contributed by atoms with Gasteiger partial charge in [0.25, 0.3) is 6.47 Å². The van der Waals surface area contributed by atoms with Gasteiger partial charge in [-0.2, -0.15) is 0 Å². The second kappa shape index (κ2) is 20.5. The Morgan fingerprint density at radius 2 is 1.38 bits per heavy atom. The molecule has 1 aliphatic heterocycles. The second-order valence-corrected chi connectivity index (χ2v) is 8.35. The number of hydrogen-bond donors (Lipinski definition) is 7. The first kappa shape index (κ1) is 34.6. The van der Waals surface area contributed by atoms with Crippen molar-refractivity contribution in [2.45, 2.75) is 6.92 Å².